The maximum atomic E-state index is 13.5. The summed E-state index contributed by atoms with van der Waals surface area (Å²) < 4.78 is 55.5. The Morgan fingerprint density at radius 3 is 2.60 bits per heavy atom. The van der Waals surface area contributed by atoms with Crippen LogP contribution in [0.3, 0.4) is 0 Å². The van der Waals surface area contributed by atoms with Gasteiger partial charge in [-0.3, -0.25) is 14.4 Å². The first-order valence-corrected chi connectivity index (χ1v) is 10.9. The molecule has 5 rings (SSSR count). The minimum Gasteiger partial charge on any atom is -0.491 e. The normalized spacial score (nSPS) is 17.1. The number of methoxy groups -OCH3 is 2. The molecule has 0 radical (unpaired) electrons. The van der Waals surface area contributed by atoms with Gasteiger partial charge >= 0.3 is 6.18 Å². The van der Waals surface area contributed by atoms with E-state index in [1.165, 1.54) is 31.5 Å². The second-order valence-corrected chi connectivity index (χ2v) is 8.32. The molecule has 0 bridgehead atoms. The number of pyridine rings is 2. The number of ether oxygens (including phenoxy) is 3. The van der Waals surface area contributed by atoms with E-state index in [2.05, 4.69) is 10.1 Å². The molecule has 0 atom stereocenters. The van der Waals surface area contributed by atoms with Gasteiger partial charge in [-0.1, -0.05) is 0 Å². The van der Waals surface area contributed by atoms with Crippen LogP contribution in [-0.4, -0.2) is 59.3 Å². The average molecular weight is 489 g/mol. The van der Waals surface area contributed by atoms with Gasteiger partial charge in [-0.05, 0) is 18.2 Å². The van der Waals surface area contributed by atoms with Crippen molar-refractivity contribution in [1.82, 2.24) is 19.7 Å². The van der Waals surface area contributed by atoms with Crippen molar-refractivity contribution in [1.29, 1.82) is 0 Å². The van der Waals surface area contributed by atoms with Crippen LogP contribution in [0, 0.1) is 0 Å². The summed E-state index contributed by atoms with van der Waals surface area (Å²) in [6.45, 7) is -0.486. The van der Waals surface area contributed by atoms with Crippen LogP contribution in [0.5, 0.6) is 11.6 Å². The summed E-state index contributed by atoms with van der Waals surface area (Å²) >= 11 is 0. The predicted octanol–water partition coefficient (Wildman–Crippen LogP) is 3.59. The van der Waals surface area contributed by atoms with Gasteiger partial charge in [0.15, 0.2) is 5.75 Å². The number of aromatic nitrogens is 4. The third kappa shape index (κ3) is 3.97. The number of fused-ring (bicyclic) bond motifs is 2. The minimum absolute atomic E-state index is 0.286. The molecule has 12 heteroatoms. The van der Waals surface area contributed by atoms with E-state index in [4.69, 9.17) is 19.2 Å². The number of halogens is 3. The Kier molecular flexibility index (Phi) is 5.62. The number of alkyl halides is 3. The van der Waals surface area contributed by atoms with E-state index in [1.807, 2.05) is 0 Å². The highest BCUT2D eigenvalue weighted by Gasteiger charge is 2.53. The molecule has 5 heterocycles. The summed E-state index contributed by atoms with van der Waals surface area (Å²) in [5.74, 6) is 0.427. The highest BCUT2D eigenvalue weighted by Crippen LogP contribution is 2.48. The van der Waals surface area contributed by atoms with Gasteiger partial charge in [-0.15, -0.1) is 0 Å². The van der Waals surface area contributed by atoms with E-state index in [9.17, 15) is 18.0 Å². The molecule has 9 nitrogen and oxygen atoms in total. The van der Waals surface area contributed by atoms with Gasteiger partial charge in [-0.25, -0.2) is 9.97 Å². The van der Waals surface area contributed by atoms with E-state index < -0.39 is 18.3 Å². The number of carbonyl (C=O) groups is 1. The van der Waals surface area contributed by atoms with Gasteiger partial charge in [0.2, 0.25) is 0 Å². The fourth-order valence-electron chi connectivity index (χ4n) is 4.71. The molecule has 0 saturated carbocycles. The lowest BCUT2D eigenvalue weighted by Crippen LogP contribution is -2.48. The van der Waals surface area contributed by atoms with E-state index in [0.717, 1.165) is 4.68 Å². The molecule has 0 unspecified atom stereocenters. The smallest absolute Gasteiger partial charge is 0.408 e. The zero-order valence-corrected chi connectivity index (χ0v) is 19.0. The van der Waals surface area contributed by atoms with Crippen LogP contribution in [0.2, 0.25) is 0 Å². The lowest BCUT2D eigenvalue weighted by atomic mass is 9.85. The molecule has 0 aromatic carbocycles. The molecular formula is C23H22F3N5O4. The van der Waals surface area contributed by atoms with Crippen molar-refractivity contribution in [2.75, 3.05) is 32.3 Å². The van der Waals surface area contributed by atoms with Crippen molar-refractivity contribution in [2.24, 2.45) is 0 Å². The SMILES string of the molecule is COc1cc(-c2ccc3c(n2)C2(CCOCC2)N(c2cnn(CC(F)(F)F)c2)C3=O)cnc1OC. The number of rotatable bonds is 5. The van der Waals surface area contributed by atoms with Crippen molar-refractivity contribution in [3.8, 4) is 22.9 Å². The molecular weight excluding hydrogens is 467 g/mol. The Labute approximate surface area is 198 Å². The number of hydrogen-bond donors (Lipinski definition) is 0. The van der Waals surface area contributed by atoms with Crippen LogP contribution in [0.15, 0.2) is 36.8 Å². The Hall–Kier alpha value is -3.67. The van der Waals surface area contributed by atoms with Crippen LogP contribution < -0.4 is 14.4 Å². The maximum Gasteiger partial charge on any atom is 0.408 e. The molecule has 2 aliphatic heterocycles. The zero-order chi connectivity index (χ0) is 24.8. The van der Waals surface area contributed by atoms with Crippen molar-refractivity contribution in [3.63, 3.8) is 0 Å². The summed E-state index contributed by atoms with van der Waals surface area (Å²) in [4.78, 5) is 24.2. The molecule has 1 amide bonds. The highest BCUT2D eigenvalue weighted by molar-refractivity contribution is 6.11. The van der Waals surface area contributed by atoms with Crippen LogP contribution in [0.4, 0.5) is 18.9 Å². The van der Waals surface area contributed by atoms with Gasteiger partial charge in [0.1, 0.15) is 6.54 Å². The molecule has 1 fully saturated rings. The number of amides is 1. The Balaban J connectivity index is 1.59. The summed E-state index contributed by atoms with van der Waals surface area (Å²) in [5, 5.41) is 3.84. The van der Waals surface area contributed by atoms with Crippen LogP contribution in [0.25, 0.3) is 11.3 Å². The summed E-state index contributed by atoms with van der Waals surface area (Å²) in [7, 11) is 3.00. The topological polar surface area (TPSA) is 91.6 Å². The van der Waals surface area contributed by atoms with Crippen LogP contribution in [0.1, 0.15) is 28.9 Å². The zero-order valence-electron chi connectivity index (χ0n) is 19.0. The van der Waals surface area contributed by atoms with Crippen molar-refractivity contribution < 1.29 is 32.2 Å². The molecule has 35 heavy (non-hydrogen) atoms. The molecule has 0 aliphatic carbocycles. The van der Waals surface area contributed by atoms with Gasteiger partial charge in [0, 0.05) is 44.0 Å². The van der Waals surface area contributed by atoms with Crippen LogP contribution >= 0.6 is 0 Å². The Bertz CT molecular complexity index is 1270. The second-order valence-electron chi connectivity index (χ2n) is 8.32. The molecule has 1 spiro atoms. The number of nitrogens with zero attached hydrogens (tertiary/aromatic N) is 5. The van der Waals surface area contributed by atoms with Crippen LogP contribution in [-0.2, 0) is 16.8 Å². The first-order valence-electron chi connectivity index (χ1n) is 10.9. The van der Waals surface area contributed by atoms with Gasteiger partial charge < -0.3 is 14.2 Å². The summed E-state index contributed by atoms with van der Waals surface area (Å²) in [6.07, 6.45) is 0.581. The lowest BCUT2D eigenvalue weighted by Gasteiger charge is -2.40. The quantitative estimate of drug-likeness (QED) is 0.541. The van der Waals surface area contributed by atoms with E-state index in [1.54, 1.807) is 24.4 Å². The average Bonchev–Trinajstić information content (AvgIpc) is 3.37. The Morgan fingerprint density at radius 2 is 1.91 bits per heavy atom. The molecule has 1 saturated heterocycles. The second kappa shape index (κ2) is 8.52. The minimum atomic E-state index is -4.43. The standard InChI is InChI=1S/C23H22F3N5O4/c1-33-18-9-14(10-27-20(18)34-2)17-4-3-16-19(29-17)22(5-7-35-8-6-22)31(21(16)32)15-11-28-30(12-15)13-23(24,25)26/h3-4,9-12H,5-8,13H2,1-2H3. The first kappa shape index (κ1) is 23.1. The fourth-order valence-corrected chi connectivity index (χ4v) is 4.71. The number of anilines is 1. The van der Waals surface area contributed by atoms with E-state index >= 15 is 0 Å². The van der Waals surface area contributed by atoms with E-state index in [-0.39, 0.29) is 11.6 Å². The van der Waals surface area contributed by atoms with Crippen molar-refractivity contribution in [3.05, 3.63) is 48.0 Å². The highest BCUT2D eigenvalue weighted by atomic mass is 19.4. The Morgan fingerprint density at radius 1 is 1.14 bits per heavy atom. The monoisotopic (exact) mass is 489 g/mol. The van der Waals surface area contributed by atoms with Crippen molar-refractivity contribution >= 4 is 11.6 Å². The molecule has 3 aromatic rings. The summed E-state index contributed by atoms with van der Waals surface area (Å²) in [6, 6.07) is 5.14. The molecule has 2 aliphatic rings. The third-order valence-electron chi connectivity index (χ3n) is 6.26. The number of hydrogen-bond acceptors (Lipinski definition) is 7. The lowest BCUT2D eigenvalue weighted by molar-refractivity contribution is -0.142. The predicted molar refractivity (Wildman–Crippen MR) is 117 cm³/mol. The van der Waals surface area contributed by atoms with Gasteiger partial charge in [0.25, 0.3) is 11.8 Å². The first-order chi connectivity index (χ1) is 16.8. The maximum absolute atomic E-state index is 13.5. The fraction of sp³-hybridized carbons (Fsp3) is 0.391. The molecule has 184 valence electrons. The largest absolute Gasteiger partial charge is 0.491 e. The summed E-state index contributed by atoms with van der Waals surface area (Å²) in [5.41, 5.74) is 1.61. The van der Waals surface area contributed by atoms with Gasteiger partial charge in [-0.2, -0.15) is 18.3 Å². The molecule has 0 N–H and O–H groups in total. The van der Waals surface area contributed by atoms with Gasteiger partial charge in [0.05, 0.1) is 48.6 Å². The molecule has 3 aromatic heterocycles. The number of carbonyl (C=O) groups excluding carboxylic acids is 1. The third-order valence-corrected chi connectivity index (χ3v) is 6.26. The van der Waals surface area contributed by atoms with Crippen molar-refractivity contribution in [2.45, 2.75) is 31.1 Å². The van der Waals surface area contributed by atoms with E-state index in [0.29, 0.717) is 60.2 Å².